The van der Waals surface area contributed by atoms with Crippen LogP contribution in [0.25, 0.3) is 0 Å². The van der Waals surface area contributed by atoms with Crippen molar-refractivity contribution in [1.82, 2.24) is 10.2 Å². The van der Waals surface area contributed by atoms with Crippen LogP contribution in [0.4, 0.5) is 5.69 Å². The van der Waals surface area contributed by atoms with Crippen molar-refractivity contribution >= 4 is 50.7 Å². The van der Waals surface area contributed by atoms with Crippen LogP contribution in [0.2, 0.25) is 10.0 Å². The number of rotatable bonds is 11. The van der Waals surface area contributed by atoms with Gasteiger partial charge in [0.05, 0.1) is 29.1 Å². The first kappa shape index (κ1) is 29.1. The van der Waals surface area contributed by atoms with E-state index in [-0.39, 0.29) is 34.2 Å². The summed E-state index contributed by atoms with van der Waals surface area (Å²) >= 11 is 12.1. The van der Waals surface area contributed by atoms with Crippen LogP contribution >= 0.6 is 23.2 Å². The summed E-state index contributed by atoms with van der Waals surface area (Å²) in [5.74, 6) is -0.0899. The summed E-state index contributed by atoms with van der Waals surface area (Å²) in [4.78, 5) is 28.5. The molecule has 2 aromatic rings. The molecule has 0 spiro atoms. The largest absolute Gasteiger partial charge is 0.497 e. The summed E-state index contributed by atoms with van der Waals surface area (Å²) in [5.41, 5.74) is 0.986. The van der Waals surface area contributed by atoms with Crippen LogP contribution in [0.5, 0.6) is 5.75 Å². The number of amides is 2. The highest BCUT2D eigenvalue weighted by atomic mass is 35.5. The molecule has 0 unspecified atom stereocenters. The zero-order valence-electron chi connectivity index (χ0n) is 21.2. The molecule has 37 heavy (non-hydrogen) atoms. The Bertz CT molecular complexity index is 1200. The SMILES string of the molecule is CC[C@@H](C(=O)NC1CCCC1)N(Cc1ccc(OC)cc1)C(=O)CN(c1ccc(Cl)c(Cl)c1)S(C)(=O)=O. The number of anilines is 1. The lowest BCUT2D eigenvalue weighted by molar-refractivity contribution is -0.140. The van der Waals surface area contributed by atoms with Gasteiger partial charge in [0.25, 0.3) is 0 Å². The van der Waals surface area contributed by atoms with Crippen LogP contribution in [0.3, 0.4) is 0 Å². The van der Waals surface area contributed by atoms with Gasteiger partial charge in [-0.25, -0.2) is 8.42 Å². The van der Waals surface area contributed by atoms with Crippen LogP contribution in [-0.4, -0.2) is 57.1 Å². The summed E-state index contributed by atoms with van der Waals surface area (Å²) in [6.07, 6.45) is 5.32. The van der Waals surface area contributed by atoms with E-state index in [4.69, 9.17) is 27.9 Å². The summed E-state index contributed by atoms with van der Waals surface area (Å²) in [7, 11) is -2.30. The molecule has 1 fully saturated rings. The number of benzene rings is 2. The predicted octanol–water partition coefficient (Wildman–Crippen LogP) is 4.63. The normalized spacial score (nSPS) is 14.7. The smallest absolute Gasteiger partial charge is 0.244 e. The number of carbonyl (C=O) groups is 2. The first-order chi connectivity index (χ1) is 17.5. The highest BCUT2D eigenvalue weighted by molar-refractivity contribution is 7.92. The highest BCUT2D eigenvalue weighted by Crippen LogP contribution is 2.29. The Kier molecular flexibility index (Phi) is 10.1. The number of ether oxygens (including phenoxy) is 1. The monoisotopic (exact) mass is 569 g/mol. The van der Waals surface area contributed by atoms with E-state index in [2.05, 4.69) is 5.32 Å². The van der Waals surface area contributed by atoms with Crippen LogP contribution in [0, 0.1) is 0 Å². The van der Waals surface area contributed by atoms with E-state index in [0.717, 1.165) is 41.8 Å². The molecule has 0 heterocycles. The van der Waals surface area contributed by atoms with E-state index in [1.54, 1.807) is 19.2 Å². The van der Waals surface area contributed by atoms with Crippen LogP contribution in [0.15, 0.2) is 42.5 Å². The lowest BCUT2D eigenvalue weighted by Crippen LogP contribution is -2.53. The fourth-order valence-electron chi connectivity index (χ4n) is 4.47. The average molecular weight is 571 g/mol. The van der Waals surface area contributed by atoms with Gasteiger partial charge < -0.3 is 15.0 Å². The highest BCUT2D eigenvalue weighted by Gasteiger charge is 2.33. The summed E-state index contributed by atoms with van der Waals surface area (Å²) in [5, 5.41) is 3.51. The van der Waals surface area contributed by atoms with Gasteiger partial charge in [-0.1, -0.05) is 55.1 Å². The van der Waals surface area contributed by atoms with E-state index in [0.29, 0.717) is 12.2 Å². The van der Waals surface area contributed by atoms with Crippen molar-refractivity contribution < 1.29 is 22.7 Å². The van der Waals surface area contributed by atoms with Crippen molar-refractivity contribution in [1.29, 1.82) is 0 Å². The molecule has 0 aromatic heterocycles. The number of hydrogen-bond donors (Lipinski definition) is 1. The number of sulfonamides is 1. The van der Waals surface area contributed by atoms with Crippen molar-refractivity contribution in [3.05, 3.63) is 58.1 Å². The maximum atomic E-state index is 13.8. The quantitative estimate of drug-likeness (QED) is 0.425. The number of nitrogens with zero attached hydrogens (tertiary/aromatic N) is 2. The molecule has 1 saturated carbocycles. The summed E-state index contributed by atoms with van der Waals surface area (Å²) in [6.45, 7) is 1.46. The molecule has 3 rings (SSSR count). The molecular formula is C26H33Cl2N3O5S. The van der Waals surface area contributed by atoms with Crippen molar-refractivity contribution in [3.8, 4) is 5.75 Å². The minimum absolute atomic E-state index is 0.0863. The number of halogens is 2. The Morgan fingerprint density at radius 1 is 1.08 bits per heavy atom. The molecule has 2 aromatic carbocycles. The van der Waals surface area contributed by atoms with E-state index >= 15 is 0 Å². The topological polar surface area (TPSA) is 96.0 Å². The minimum atomic E-state index is -3.86. The van der Waals surface area contributed by atoms with Gasteiger partial charge in [-0.3, -0.25) is 13.9 Å². The predicted molar refractivity (Wildman–Crippen MR) is 147 cm³/mol. The Morgan fingerprint density at radius 3 is 2.27 bits per heavy atom. The van der Waals surface area contributed by atoms with Crippen LogP contribution in [-0.2, 0) is 26.2 Å². The second-order valence-electron chi connectivity index (χ2n) is 9.15. The molecule has 2 amide bonds. The molecule has 1 aliphatic carbocycles. The Labute approximate surface area is 228 Å². The summed E-state index contributed by atoms with van der Waals surface area (Å²) in [6, 6.07) is 10.8. The zero-order valence-corrected chi connectivity index (χ0v) is 23.6. The first-order valence-corrected chi connectivity index (χ1v) is 14.8. The molecule has 8 nitrogen and oxygen atoms in total. The van der Waals surface area contributed by atoms with Gasteiger partial charge in [-0.15, -0.1) is 0 Å². The lowest BCUT2D eigenvalue weighted by Gasteiger charge is -2.33. The van der Waals surface area contributed by atoms with Gasteiger partial charge in [0.1, 0.15) is 18.3 Å². The van der Waals surface area contributed by atoms with Gasteiger partial charge >= 0.3 is 0 Å². The van der Waals surface area contributed by atoms with Crippen molar-refractivity contribution in [2.24, 2.45) is 0 Å². The second kappa shape index (κ2) is 12.8. The maximum absolute atomic E-state index is 13.8. The average Bonchev–Trinajstić information content (AvgIpc) is 3.36. The van der Waals surface area contributed by atoms with Gasteiger partial charge in [-0.2, -0.15) is 0 Å². The zero-order chi connectivity index (χ0) is 27.2. The minimum Gasteiger partial charge on any atom is -0.497 e. The van der Waals surface area contributed by atoms with Crippen LogP contribution in [0.1, 0.15) is 44.6 Å². The molecular weight excluding hydrogens is 537 g/mol. The Balaban J connectivity index is 1.93. The Morgan fingerprint density at radius 2 is 1.73 bits per heavy atom. The second-order valence-corrected chi connectivity index (χ2v) is 11.9. The van der Waals surface area contributed by atoms with E-state index in [1.807, 2.05) is 19.1 Å². The van der Waals surface area contributed by atoms with Crippen molar-refractivity contribution in [2.45, 2.75) is 57.7 Å². The molecule has 0 aliphatic heterocycles. The van der Waals surface area contributed by atoms with E-state index < -0.39 is 28.5 Å². The first-order valence-electron chi connectivity index (χ1n) is 12.2. The molecule has 1 aliphatic rings. The fraction of sp³-hybridized carbons (Fsp3) is 0.462. The fourth-order valence-corrected chi connectivity index (χ4v) is 5.60. The van der Waals surface area contributed by atoms with Gasteiger partial charge in [0.2, 0.25) is 21.8 Å². The van der Waals surface area contributed by atoms with E-state index in [1.165, 1.54) is 23.1 Å². The Hall–Kier alpha value is -2.49. The number of nitrogens with one attached hydrogen (secondary N) is 1. The van der Waals surface area contributed by atoms with Gasteiger partial charge in [-0.05, 0) is 55.2 Å². The maximum Gasteiger partial charge on any atom is 0.244 e. The molecule has 0 radical (unpaired) electrons. The number of methoxy groups -OCH3 is 1. The van der Waals surface area contributed by atoms with Gasteiger partial charge in [0.15, 0.2) is 0 Å². The lowest BCUT2D eigenvalue weighted by atomic mass is 10.1. The number of hydrogen-bond acceptors (Lipinski definition) is 5. The molecule has 0 bridgehead atoms. The van der Waals surface area contributed by atoms with Crippen molar-refractivity contribution in [3.63, 3.8) is 0 Å². The van der Waals surface area contributed by atoms with Gasteiger partial charge in [0, 0.05) is 12.6 Å². The molecule has 1 atom stereocenters. The third kappa shape index (κ3) is 7.75. The van der Waals surface area contributed by atoms with Crippen LogP contribution < -0.4 is 14.4 Å². The molecule has 1 N–H and O–H groups in total. The third-order valence-corrected chi connectivity index (χ3v) is 8.35. The molecule has 202 valence electrons. The molecule has 11 heteroatoms. The molecule has 0 saturated heterocycles. The third-order valence-electron chi connectivity index (χ3n) is 6.47. The van der Waals surface area contributed by atoms with Crippen molar-refractivity contribution in [2.75, 3.05) is 24.2 Å². The van der Waals surface area contributed by atoms with E-state index in [9.17, 15) is 18.0 Å². The summed E-state index contributed by atoms with van der Waals surface area (Å²) < 4.78 is 31.6. The standard InChI is InChI=1S/C26H33Cl2N3O5S/c1-4-24(26(33)29-19-7-5-6-8-19)30(16-18-9-12-21(36-2)13-10-18)25(32)17-31(37(3,34)35)20-11-14-22(27)23(28)15-20/h9-15,19,24H,4-8,16-17H2,1-3H3,(H,29,33)/t24-/m0/s1. The number of carbonyl (C=O) groups excluding carboxylic acids is 2.